The van der Waals surface area contributed by atoms with E-state index in [2.05, 4.69) is 37.3 Å². The minimum atomic E-state index is -1.12. The first kappa shape index (κ1) is 21.1. The minimum absolute atomic E-state index is 0.00196. The summed E-state index contributed by atoms with van der Waals surface area (Å²) in [4.78, 5) is 0. The van der Waals surface area contributed by atoms with Crippen LogP contribution >= 0.6 is 0 Å². The van der Waals surface area contributed by atoms with E-state index < -0.39 is 11.0 Å². The highest BCUT2D eigenvalue weighted by Gasteiger charge is 2.35. The molecule has 2 nitrogen and oxygen atoms in total. The molecule has 0 saturated carbocycles. The number of rotatable bonds is 10. The first-order chi connectivity index (χ1) is 11.2. The highest BCUT2D eigenvalue weighted by Crippen LogP contribution is 2.40. The minimum Gasteiger partial charge on any atom is -0.242 e. The summed E-state index contributed by atoms with van der Waals surface area (Å²) < 4.78 is 15.9. The lowest BCUT2D eigenvalue weighted by atomic mass is 9.75. The maximum atomic E-state index is 12.8. The van der Waals surface area contributed by atoms with Gasteiger partial charge in [-0.2, -0.15) is 0 Å². The molecule has 0 spiro atoms. The number of nitrogens with one attached hydrogen (secondary N) is 1. The van der Waals surface area contributed by atoms with Crippen molar-refractivity contribution in [3.05, 3.63) is 48.6 Å². The molecular weight excluding hydrogens is 314 g/mol. The zero-order chi connectivity index (χ0) is 18.2. The Labute approximate surface area is 151 Å². The van der Waals surface area contributed by atoms with Gasteiger partial charge in [0.2, 0.25) is 0 Å². The Balaban J connectivity index is 3.05. The molecule has 0 aromatic heterocycles. The fraction of sp³-hybridized carbons (Fsp3) is 0.619. The third-order valence-electron chi connectivity index (χ3n) is 4.61. The summed E-state index contributed by atoms with van der Waals surface area (Å²) in [5.41, 5.74) is 1.05. The fourth-order valence-electron chi connectivity index (χ4n) is 2.81. The molecule has 1 aromatic rings. The molecule has 1 rings (SSSR count). The van der Waals surface area contributed by atoms with Gasteiger partial charge in [0.05, 0.1) is 21.8 Å². The molecule has 0 amide bonds. The summed E-state index contributed by atoms with van der Waals surface area (Å²) >= 11 is 0. The summed E-state index contributed by atoms with van der Waals surface area (Å²) in [6.07, 6.45) is 8.00. The van der Waals surface area contributed by atoms with Crippen LogP contribution in [0.5, 0.6) is 0 Å². The van der Waals surface area contributed by atoms with Crippen molar-refractivity contribution in [2.45, 2.75) is 77.5 Å². The summed E-state index contributed by atoms with van der Waals surface area (Å²) in [5, 5.41) is 0. The lowest BCUT2D eigenvalue weighted by molar-refractivity contribution is 0.286. The Kier molecular flexibility index (Phi) is 8.38. The molecule has 0 bridgehead atoms. The van der Waals surface area contributed by atoms with Crippen molar-refractivity contribution >= 4 is 11.0 Å². The molecule has 0 fully saturated rings. The molecule has 136 valence electrons. The molecule has 0 aliphatic carbocycles. The molecule has 0 aliphatic rings. The maximum absolute atomic E-state index is 12.8. The topological polar surface area (TPSA) is 29.1 Å². The van der Waals surface area contributed by atoms with Crippen molar-refractivity contribution < 1.29 is 4.21 Å². The van der Waals surface area contributed by atoms with E-state index in [0.29, 0.717) is 0 Å². The van der Waals surface area contributed by atoms with Crippen LogP contribution in [0, 0.1) is 5.41 Å². The lowest BCUT2D eigenvalue weighted by Crippen LogP contribution is -2.41. The molecule has 0 unspecified atom stereocenters. The second kappa shape index (κ2) is 9.53. The summed E-state index contributed by atoms with van der Waals surface area (Å²) in [7, 11) is -1.12. The van der Waals surface area contributed by atoms with Gasteiger partial charge in [-0.05, 0) is 32.8 Å². The molecule has 24 heavy (non-hydrogen) atoms. The van der Waals surface area contributed by atoms with E-state index in [4.69, 9.17) is 0 Å². The zero-order valence-electron chi connectivity index (χ0n) is 16.1. The predicted molar refractivity (Wildman–Crippen MR) is 107 cm³/mol. The van der Waals surface area contributed by atoms with Gasteiger partial charge >= 0.3 is 0 Å². The summed E-state index contributed by atoms with van der Waals surface area (Å²) in [5.74, 6) is 0. The maximum Gasteiger partial charge on any atom is 0.0976 e. The summed E-state index contributed by atoms with van der Waals surface area (Å²) in [6, 6.07) is 10.3. The van der Waals surface area contributed by atoms with Crippen LogP contribution in [0.25, 0.3) is 0 Å². The van der Waals surface area contributed by atoms with E-state index in [1.54, 1.807) is 0 Å². The number of hydrogen-bond donors (Lipinski definition) is 1. The quantitative estimate of drug-likeness (QED) is 0.411. The van der Waals surface area contributed by atoms with Crippen molar-refractivity contribution in [2.24, 2.45) is 5.41 Å². The van der Waals surface area contributed by atoms with E-state index >= 15 is 0 Å². The smallest absolute Gasteiger partial charge is 0.0976 e. The monoisotopic (exact) mass is 349 g/mol. The van der Waals surface area contributed by atoms with Gasteiger partial charge in [0.25, 0.3) is 0 Å². The number of hydrogen-bond acceptors (Lipinski definition) is 1. The highest BCUT2D eigenvalue weighted by molar-refractivity contribution is 7.84. The van der Waals surface area contributed by atoms with Crippen LogP contribution in [-0.4, -0.2) is 8.96 Å². The van der Waals surface area contributed by atoms with E-state index in [1.807, 2.05) is 45.0 Å². The fourth-order valence-corrected chi connectivity index (χ4v) is 3.78. The standard InChI is InChI=1S/C21H35NOS/c1-7-9-10-14-17-21(6,8-2)19(18-15-12-11-13-16-18)22-24(23)20(3,4)5/h8,11-13,15-16,19,22H,2,7,9-10,14,17H2,1,3-6H3/t19-,21+,24+/m0/s1. The molecule has 1 aromatic carbocycles. The van der Waals surface area contributed by atoms with Crippen LogP contribution in [-0.2, 0) is 11.0 Å². The Morgan fingerprint density at radius 3 is 2.25 bits per heavy atom. The van der Waals surface area contributed by atoms with Gasteiger partial charge in [-0.3, -0.25) is 0 Å². The molecule has 3 heteroatoms. The van der Waals surface area contributed by atoms with Gasteiger partial charge in [-0.1, -0.05) is 75.9 Å². The van der Waals surface area contributed by atoms with Crippen LogP contribution < -0.4 is 4.72 Å². The van der Waals surface area contributed by atoms with Crippen LogP contribution in [0.15, 0.2) is 43.0 Å². The van der Waals surface area contributed by atoms with Crippen molar-refractivity contribution in [3.63, 3.8) is 0 Å². The summed E-state index contributed by atoms with van der Waals surface area (Å²) in [6.45, 7) is 14.6. The average molecular weight is 350 g/mol. The second-order valence-corrected chi connectivity index (χ2v) is 9.86. The second-order valence-electron chi connectivity index (χ2n) is 7.86. The predicted octanol–water partition coefficient (Wildman–Crippen LogP) is 5.94. The third kappa shape index (κ3) is 6.18. The van der Waals surface area contributed by atoms with Gasteiger partial charge in [0.1, 0.15) is 0 Å². The van der Waals surface area contributed by atoms with Crippen molar-refractivity contribution in [2.75, 3.05) is 0 Å². The number of unbranched alkanes of at least 4 members (excludes halogenated alkanes) is 3. The van der Waals surface area contributed by atoms with Crippen molar-refractivity contribution in [1.82, 2.24) is 4.72 Å². The normalized spacial score (nSPS) is 17.0. The van der Waals surface area contributed by atoms with Crippen LogP contribution in [0.3, 0.4) is 0 Å². The van der Waals surface area contributed by atoms with Gasteiger partial charge in [0.15, 0.2) is 0 Å². The Morgan fingerprint density at radius 1 is 1.12 bits per heavy atom. The molecule has 3 atom stereocenters. The third-order valence-corrected chi connectivity index (χ3v) is 6.17. The molecule has 0 aliphatic heterocycles. The Hall–Kier alpha value is -0.930. The molecule has 1 N–H and O–H groups in total. The average Bonchev–Trinajstić information content (AvgIpc) is 2.56. The van der Waals surface area contributed by atoms with E-state index in [-0.39, 0.29) is 16.2 Å². The number of benzene rings is 1. The van der Waals surface area contributed by atoms with E-state index in [0.717, 1.165) is 6.42 Å². The Bertz CT molecular complexity index is 520. The first-order valence-electron chi connectivity index (χ1n) is 9.11. The van der Waals surface area contributed by atoms with Gasteiger partial charge in [-0.15, -0.1) is 6.58 Å². The van der Waals surface area contributed by atoms with Crippen molar-refractivity contribution in [3.8, 4) is 0 Å². The van der Waals surface area contributed by atoms with Crippen molar-refractivity contribution in [1.29, 1.82) is 0 Å². The van der Waals surface area contributed by atoms with Crippen LogP contribution in [0.2, 0.25) is 0 Å². The molecule has 0 radical (unpaired) electrons. The Morgan fingerprint density at radius 2 is 1.75 bits per heavy atom. The van der Waals surface area contributed by atoms with Crippen LogP contribution in [0.1, 0.15) is 78.3 Å². The zero-order valence-corrected chi connectivity index (χ0v) is 16.9. The largest absolute Gasteiger partial charge is 0.242 e. The van der Waals surface area contributed by atoms with Crippen LogP contribution in [0.4, 0.5) is 0 Å². The van der Waals surface area contributed by atoms with Gasteiger partial charge in [-0.25, -0.2) is 8.93 Å². The lowest BCUT2D eigenvalue weighted by Gasteiger charge is -2.37. The van der Waals surface area contributed by atoms with E-state index in [1.165, 1.54) is 31.2 Å². The van der Waals surface area contributed by atoms with Gasteiger partial charge < -0.3 is 0 Å². The molecular formula is C21H35NOS. The van der Waals surface area contributed by atoms with Gasteiger partial charge in [0, 0.05) is 5.41 Å². The van der Waals surface area contributed by atoms with E-state index in [9.17, 15) is 4.21 Å². The first-order valence-corrected chi connectivity index (χ1v) is 10.3. The SMILES string of the molecule is C=C[C@](C)(CCCCCC)[C@@H](N[S@](=O)C(C)(C)C)c1ccccc1. The molecule has 0 heterocycles. The highest BCUT2D eigenvalue weighted by atomic mass is 32.2. The molecule has 0 saturated heterocycles.